The maximum atomic E-state index is 12.2. The molecular formula is C18H22N2O5. The zero-order chi connectivity index (χ0) is 17.5. The summed E-state index contributed by atoms with van der Waals surface area (Å²) in [6.45, 7) is 1.82. The summed E-state index contributed by atoms with van der Waals surface area (Å²) in [7, 11) is 1.63. The Bertz CT molecular complexity index is 668. The third-order valence-corrected chi connectivity index (χ3v) is 4.12. The topological polar surface area (TPSA) is 82.8 Å². The molecule has 0 radical (unpaired) electrons. The standard InChI is InChI=1S/C18H22N2O5/c1-22-15-4-2-3-13(9-15)12-24-17(10-14-5-7-23-11-14)19-18(21)16-6-8-25-20-16/h2-4,6,8-9,14,17H,5,7,10-12H2,1H3,(H,19,21). The second-order valence-electron chi connectivity index (χ2n) is 5.97. The van der Waals surface area contributed by atoms with E-state index < -0.39 is 6.23 Å². The zero-order valence-electron chi connectivity index (χ0n) is 14.1. The molecule has 2 aromatic rings. The summed E-state index contributed by atoms with van der Waals surface area (Å²) in [5, 5.41) is 6.53. The van der Waals surface area contributed by atoms with Crippen LogP contribution in [0, 0.1) is 5.92 Å². The number of hydrogen-bond acceptors (Lipinski definition) is 6. The molecule has 1 amide bonds. The van der Waals surface area contributed by atoms with Gasteiger partial charge in [0.15, 0.2) is 5.69 Å². The van der Waals surface area contributed by atoms with Gasteiger partial charge in [-0.1, -0.05) is 17.3 Å². The van der Waals surface area contributed by atoms with E-state index >= 15 is 0 Å². The van der Waals surface area contributed by atoms with E-state index in [-0.39, 0.29) is 11.6 Å². The third kappa shape index (κ3) is 5.04. The van der Waals surface area contributed by atoms with Crippen LogP contribution in [0.25, 0.3) is 0 Å². The van der Waals surface area contributed by atoms with Gasteiger partial charge in [0.2, 0.25) is 0 Å². The summed E-state index contributed by atoms with van der Waals surface area (Å²) in [6.07, 6.45) is 2.60. The molecule has 0 spiro atoms. The van der Waals surface area contributed by atoms with Crippen LogP contribution in [-0.4, -0.2) is 37.6 Å². The van der Waals surface area contributed by atoms with Crippen molar-refractivity contribution in [2.24, 2.45) is 5.92 Å². The summed E-state index contributed by atoms with van der Waals surface area (Å²) in [5.41, 5.74) is 1.21. The Labute approximate surface area is 146 Å². The molecule has 2 unspecified atom stereocenters. The number of carbonyl (C=O) groups is 1. The summed E-state index contributed by atoms with van der Waals surface area (Å²) in [5.74, 6) is 0.824. The van der Waals surface area contributed by atoms with Crippen LogP contribution in [0.5, 0.6) is 5.75 Å². The third-order valence-electron chi connectivity index (χ3n) is 4.12. The van der Waals surface area contributed by atoms with Gasteiger partial charge in [-0.05, 0) is 36.5 Å². The van der Waals surface area contributed by atoms with Gasteiger partial charge in [-0.2, -0.15) is 0 Å². The van der Waals surface area contributed by atoms with Crippen molar-refractivity contribution in [1.82, 2.24) is 10.5 Å². The highest BCUT2D eigenvalue weighted by Crippen LogP contribution is 2.20. The molecule has 0 saturated carbocycles. The lowest BCUT2D eigenvalue weighted by atomic mass is 10.0. The Balaban J connectivity index is 1.61. The minimum absolute atomic E-state index is 0.234. The Hall–Kier alpha value is -2.38. The lowest BCUT2D eigenvalue weighted by molar-refractivity contribution is 0.00248. The number of methoxy groups -OCH3 is 1. The normalized spacial score (nSPS) is 18.0. The molecule has 2 heterocycles. The van der Waals surface area contributed by atoms with E-state index in [4.69, 9.17) is 18.7 Å². The van der Waals surface area contributed by atoms with Crippen LogP contribution in [-0.2, 0) is 16.1 Å². The molecule has 134 valence electrons. The number of ether oxygens (including phenoxy) is 3. The zero-order valence-corrected chi connectivity index (χ0v) is 14.1. The predicted molar refractivity (Wildman–Crippen MR) is 89.1 cm³/mol. The van der Waals surface area contributed by atoms with Crippen LogP contribution in [0.1, 0.15) is 28.9 Å². The number of carbonyl (C=O) groups excluding carboxylic acids is 1. The fourth-order valence-electron chi connectivity index (χ4n) is 2.75. The molecule has 7 heteroatoms. The lowest BCUT2D eigenvalue weighted by Crippen LogP contribution is -2.38. The van der Waals surface area contributed by atoms with E-state index in [9.17, 15) is 4.79 Å². The molecule has 25 heavy (non-hydrogen) atoms. The molecule has 1 saturated heterocycles. The van der Waals surface area contributed by atoms with E-state index in [1.165, 1.54) is 12.3 Å². The Morgan fingerprint density at radius 3 is 3.08 bits per heavy atom. The number of aromatic nitrogens is 1. The molecule has 1 aromatic heterocycles. The highest BCUT2D eigenvalue weighted by Gasteiger charge is 2.23. The summed E-state index contributed by atoms with van der Waals surface area (Å²) < 4.78 is 21.3. The van der Waals surface area contributed by atoms with E-state index in [0.717, 1.165) is 24.3 Å². The Morgan fingerprint density at radius 1 is 1.44 bits per heavy atom. The number of benzene rings is 1. The van der Waals surface area contributed by atoms with E-state index in [0.29, 0.717) is 25.6 Å². The van der Waals surface area contributed by atoms with Gasteiger partial charge in [-0.25, -0.2) is 0 Å². The molecule has 1 aromatic carbocycles. The van der Waals surface area contributed by atoms with Gasteiger partial charge < -0.3 is 24.1 Å². The van der Waals surface area contributed by atoms with Crippen molar-refractivity contribution >= 4 is 5.91 Å². The van der Waals surface area contributed by atoms with Crippen molar-refractivity contribution < 1.29 is 23.5 Å². The van der Waals surface area contributed by atoms with Gasteiger partial charge >= 0.3 is 0 Å². The maximum Gasteiger partial charge on any atom is 0.275 e. The summed E-state index contributed by atoms with van der Waals surface area (Å²) in [6, 6.07) is 9.18. The average molecular weight is 346 g/mol. The fourth-order valence-corrected chi connectivity index (χ4v) is 2.75. The Morgan fingerprint density at radius 2 is 2.36 bits per heavy atom. The smallest absolute Gasteiger partial charge is 0.275 e. The monoisotopic (exact) mass is 346 g/mol. The van der Waals surface area contributed by atoms with Gasteiger partial charge in [0.05, 0.1) is 13.7 Å². The van der Waals surface area contributed by atoms with Gasteiger partial charge in [-0.15, -0.1) is 0 Å². The SMILES string of the molecule is COc1cccc(COC(CC2CCOC2)NC(=O)c2ccon2)c1. The quantitative estimate of drug-likeness (QED) is 0.739. The first-order chi connectivity index (χ1) is 12.2. The van der Waals surface area contributed by atoms with Crippen LogP contribution >= 0.6 is 0 Å². The molecule has 1 N–H and O–H groups in total. The first kappa shape index (κ1) is 17.4. The second kappa shape index (κ2) is 8.64. The van der Waals surface area contributed by atoms with E-state index in [2.05, 4.69) is 10.5 Å². The highest BCUT2D eigenvalue weighted by atomic mass is 16.5. The Kier molecular flexibility index (Phi) is 6.03. The molecule has 1 aliphatic rings. The van der Waals surface area contributed by atoms with Gasteiger partial charge in [0, 0.05) is 19.3 Å². The molecule has 3 rings (SSSR count). The minimum atomic E-state index is -0.429. The second-order valence-corrected chi connectivity index (χ2v) is 5.97. The largest absolute Gasteiger partial charge is 0.497 e. The number of amides is 1. The van der Waals surface area contributed by atoms with Crippen LogP contribution in [0.3, 0.4) is 0 Å². The van der Waals surface area contributed by atoms with Crippen molar-refractivity contribution in [2.45, 2.75) is 25.7 Å². The van der Waals surface area contributed by atoms with Gasteiger partial charge in [-0.3, -0.25) is 4.79 Å². The minimum Gasteiger partial charge on any atom is -0.497 e. The van der Waals surface area contributed by atoms with Crippen molar-refractivity contribution in [3.05, 3.63) is 47.9 Å². The number of nitrogens with one attached hydrogen (secondary N) is 1. The van der Waals surface area contributed by atoms with Crippen molar-refractivity contribution in [1.29, 1.82) is 0 Å². The summed E-state index contributed by atoms with van der Waals surface area (Å²) >= 11 is 0. The molecule has 2 atom stereocenters. The van der Waals surface area contributed by atoms with Crippen LogP contribution < -0.4 is 10.1 Å². The molecule has 1 aliphatic heterocycles. The van der Waals surface area contributed by atoms with Crippen molar-refractivity contribution in [2.75, 3.05) is 20.3 Å². The van der Waals surface area contributed by atoms with Crippen LogP contribution in [0.2, 0.25) is 0 Å². The average Bonchev–Trinajstić information content (AvgIpc) is 3.33. The number of nitrogens with zero attached hydrogens (tertiary/aromatic N) is 1. The fraction of sp³-hybridized carbons (Fsp3) is 0.444. The van der Waals surface area contributed by atoms with E-state index in [1.54, 1.807) is 7.11 Å². The maximum absolute atomic E-state index is 12.2. The van der Waals surface area contributed by atoms with Crippen LogP contribution in [0.15, 0.2) is 41.1 Å². The van der Waals surface area contributed by atoms with Crippen molar-refractivity contribution in [3.8, 4) is 5.75 Å². The molecule has 7 nitrogen and oxygen atoms in total. The molecule has 0 bridgehead atoms. The first-order valence-electron chi connectivity index (χ1n) is 8.28. The molecule has 0 aliphatic carbocycles. The summed E-state index contributed by atoms with van der Waals surface area (Å²) in [4.78, 5) is 12.2. The predicted octanol–water partition coefficient (Wildman–Crippen LogP) is 2.38. The highest BCUT2D eigenvalue weighted by molar-refractivity contribution is 5.92. The van der Waals surface area contributed by atoms with Crippen molar-refractivity contribution in [3.63, 3.8) is 0 Å². The molecule has 1 fully saturated rings. The number of hydrogen-bond donors (Lipinski definition) is 1. The van der Waals surface area contributed by atoms with E-state index in [1.807, 2.05) is 24.3 Å². The first-order valence-corrected chi connectivity index (χ1v) is 8.28. The lowest BCUT2D eigenvalue weighted by Gasteiger charge is -2.21. The number of rotatable bonds is 8. The van der Waals surface area contributed by atoms with Gasteiger partial charge in [0.1, 0.15) is 18.2 Å². The molecular weight excluding hydrogens is 324 g/mol. The van der Waals surface area contributed by atoms with Crippen LogP contribution in [0.4, 0.5) is 0 Å². The van der Waals surface area contributed by atoms with Gasteiger partial charge in [0.25, 0.3) is 5.91 Å².